The molecule has 20 heavy (non-hydrogen) atoms. The quantitative estimate of drug-likeness (QED) is 0.812. The van der Waals surface area contributed by atoms with Gasteiger partial charge in [-0.05, 0) is 49.8 Å². The summed E-state index contributed by atoms with van der Waals surface area (Å²) >= 11 is 0. The Morgan fingerprint density at radius 3 is 2.50 bits per heavy atom. The Morgan fingerprint density at radius 2 is 1.75 bits per heavy atom. The highest BCUT2D eigenvalue weighted by atomic mass is 16.5. The van der Waals surface area contributed by atoms with Gasteiger partial charge >= 0.3 is 0 Å². The number of rotatable bonds is 5. The first kappa shape index (κ1) is 13.9. The van der Waals surface area contributed by atoms with E-state index in [0.29, 0.717) is 0 Å². The van der Waals surface area contributed by atoms with Crippen LogP contribution in [0.3, 0.4) is 0 Å². The van der Waals surface area contributed by atoms with Gasteiger partial charge in [-0.2, -0.15) is 0 Å². The van der Waals surface area contributed by atoms with Gasteiger partial charge in [0.05, 0.1) is 6.10 Å². The van der Waals surface area contributed by atoms with Gasteiger partial charge in [-0.15, -0.1) is 0 Å². The smallest absolute Gasteiger partial charge is 0.124 e. The average Bonchev–Trinajstić information content (AvgIpc) is 3.29. The predicted octanol–water partition coefficient (Wildman–Crippen LogP) is 3.01. The van der Waals surface area contributed by atoms with Gasteiger partial charge in [0, 0.05) is 12.6 Å². The van der Waals surface area contributed by atoms with Crippen LogP contribution < -0.4 is 10.1 Å². The third-order valence-corrected chi connectivity index (χ3v) is 4.30. The lowest BCUT2D eigenvalue weighted by Gasteiger charge is -2.22. The van der Waals surface area contributed by atoms with E-state index in [9.17, 15) is 5.11 Å². The van der Waals surface area contributed by atoms with Gasteiger partial charge in [-0.25, -0.2) is 0 Å². The van der Waals surface area contributed by atoms with Crippen molar-refractivity contribution in [2.45, 2.75) is 69.7 Å². The minimum Gasteiger partial charge on any atom is -0.488 e. The Hall–Kier alpha value is -1.06. The Kier molecular flexibility index (Phi) is 4.58. The van der Waals surface area contributed by atoms with Gasteiger partial charge in [-0.1, -0.05) is 25.0 Å². The standard InChI is InChI=1S/C17H25NO2/c19-16-4-2-1-3-5-17(16)20-15-10-6-13(7-11-15)12-18-14-8-9-14/h6-7,10-11,14,16-19H,1-5,8-9,12H2. The van der Waals surface area contributed by atoms with Crippen LogP contribution in [0.4, 0.5) is 0 Å². The minimum absolute atomic E-state index is 0.0343. The molecule has 2 fully saturated rings. The van der Waals surface area contributed by atoms with Crippen LogP contribution in [0.15, 0.2) is 24.3 Å². The van der Waals surface area contributed by atoms with Crippen molar-refractivity contribution < 1.29 is 9.84 Å². The van der Waals surface area contributed by atoms with Crippen molar-refractivity contribution in [2.75, 3.05) is 0 Å². The van der Waals surface area contributed by atoms with Crippen LogP contribution in [0, 0.1) is 0 Å². The Labute approximate surface area is 121 Å². The van der Waals surface area contributed by atoms with Crippen molar-refractivity contribution in [1.82, 2.24) is 5.32 Å². The number of benzene rings is 1. The van der Waals surface area contributed by atoms with E-state index < -0.39 is 0 Å². The molecule has 0 saturated heterocycles. The maximum Gasteiger partial charge on any atom is 0.124 e. The molecule has 110 valence electrons. The molecule has 0 amide bonds. The van der Waals surface area contributed by atoms with E-state index in [0.717, 1.165) is 44.0 Å². The first-order chi connectivity index (χ1) is 9.81. The molecule has 2 aliphatic carbocycles. The normalized spacial score (nSPS) is 27.1. The Balaban J connectivity index is 1.53. The molecule has 0 bridgehead atoms. The molecular formula is C17H25NO2. The highest BCUT2D eigenvalue weighted by molar-refractivity contribution is 5.27. The van der Waals surface area contributed by atoms with Crippen molar-refractivity contribution in [3.63, 3.8) is 0 Å². The van der Waals surface area contributed by atoms with Gasteiger partial charge in [0.25, 0.3) is 0 Å². The topological polar surface area (TPSA) is 41.5 Å². The van der Waals surface area contributed by atoms with Crippen LogP contribution in [0.1, 0.15) is 50.5 Å². The molecule has 0 spiro atoms. The highest BCUT2D eigenvalue weighted by Crippen LogP contribution is 2.24. The van der Waals surface area contributed by atoms with E-state index in [1.54, 1.807) is 0 Å². The molecule has 2 aliphatic rings. The molecule has 3 rings (SSSR count). The van der Waals surface area contributed by atoms with Gasteiger partial charge in [-0.3, -0.25) is 0 Å². The third-order valence-electron chi connectivity index (χ3n) is 4.30. The van der Waals surface area contributed by atoms with Crippen LogP contribution in [0.5, 0.6) is 5.75 Å². The van der Waals surface area contributed by atoms with Crippen LogP contribution >= 0.6 is 0 Å². The molecule has 0 radical (unpaired) electrons. The maximum atomic E-state index is 10.1. The van der Waals surface area contributed by atoms with Crippen molar-refractivity contribution >= 4 is 0 Å². The van der Waals surface area contributed by atoms with Gasteiger partial charge < -0.3 is 15.2 Å². The lowest BCUT2D eigenvalue weighted by Crippen LogP contribution is -2.30. The van der Waals surface area contributed by atoms with E-state index in [1.165, 1.54) is 24.8 Å². The second-order valence-electron chi connectivity index (χ2n) is 6.16. The molecule has 0 aliphatic heterocycles. The number of nitrogens with one attached hydrogen (secondary N) is 1. The second-order valence-corrected chi connectivity index (χ2v) is 6.16. The van der Waals surface area contributed by atoms with Crippen molar-refractivity contribution in [3.8, 4) is 5.75 Å². The van der Waals surface area contributed by atoms with Crippen molar-refractivity contribution in [3.05, 3.63) is 29.8 Å². The van der Waals surface area contributed by atoms with Crippen molar-refractivity contribution in [1.29, 1.82) is 0 Å². The number of aliphatic hydroxyl groups excluding tert-OH is 1. The summed E-state index contributed by atoms with van der Waals surface area (Å²) in [6.07, 6.45) is 7.61. The second kappa shape index (κ2) is 6.59. The number of aliphatic hydroxyl groups is 1. The fourth-order valence-corrected chi connectivity index (χ4v) is 2.80. The average molecular weight is 275 g/mol. The zero-order valence-corrected chi connectivity index (χ0v) is 12.1. The zero-order valence-electron chi connectivity index (χ0n) is 12.1. The molecule has 0 heterocycles. The summed E-state index contributed by atoms with van der Waals surface area (Å²) in [6, 6.07) is 9.04. The number of hydrogen-bond acceptors (Lipinski definition) is 3. The summed E-state index contributed by atoms with van der Waals surface area (Å²) in [4.78, 5) is 0. The summed E-state index contributed by atoms with van der Waals surface area (Å²) in [5, 5.41) is 13.6. The fourth-order valence-electron chi connectivity index (χ4n) is 2.80. The first-order valence-corrected chi connectivity index (χ1v) is 7.98. The summed E-state index contributed by atoms with van der Waals surface area (Å²) in [6.45, 7) is 0.941. The van der Waals surface area contributed by atoms with Crippen molar-refractivity contribution in [2.24, 2.45) is 0 Å². The molecule has 2 N–H and O–H groups in total. The molecule has 2 atom stereocenters. The summed E-state index contributed by atoms with van der Waals surface area (Å²) < 4.78 is 5.97. The van der Waals surface area contributed by atoms with E-state index in [1.807, 2.05) is 12.1 Å². The molecule has 1 aromatic rings. The fraction of sp³-hybridized carbons (Fsp3) is 0.647. The van der Waals surface area contributed by atoms with E-state index in [4.69, 9.17) is 4.74 Å². The molecule has 3 heteroatoms. The van der Waals surface area contributed by atoms with E-state index >= 15 is 0 Å². The zero-order chi connectivity index (χ0) is 13.8. The molecule has 0 aromatic heterocycles. The maximum absolute atomic E-state index is 10.1. The van der Waals surface area contributed by atoms with Gasteiger partial charge in [0.1, 0.15) is 11.9 Å². The minimum atomic E-state index is -0.311. The Bertz CT molecular complexity index is 414. The highest BCUT2D eigenvalue weighted by Gasteiger charge is 2.23. The largest absolute Gasteiger partial charge is 0.488 e. The third kappa shape index (κ3) is 3.97. The number of hydrogen-bond donors (Lipinski definition) is 2. The monoisotopic (exact) mass is 275 g/mol. The van der Waals surface area contributed by atoms with Crippen LogP contribution in [-0.2, 0) is 6.54 Å². The molecule has 1 aromatic carbocycles. The van der Waals surface area contributed by atoms with Crippen LogP contribution in [0.2, 0.25) is 0 Å². The lowest BCUT2D eigenvalue weighted by atomic mass is 10.1. The summed E-state index contributed by atoms with van der Waals surface area (Å²) in [5.41, 5.74) is 1.30. The molecule has 2 unspecified atom stereocenters. The Morgan fingerprint density at radius 1 is 1.00 bits per heavy atom. The van der Waals surface area contributed by atoms with Gasteiger partial charge in [0.15, 0.2) is 0 Å². The first-order valence-electron chi connectivity index (χ1n) is 7.98. The van der Waals surface area contributed by atoms with E-state index in [-0.39, 0.29) is 12.2 Å². The SMILES string of the molecule is OC1CCCCCC1Oc1ccc(CNC2CC2)cc1. The summed E-state index contributed by atoms with van der Waals surface area (Å²) in [5.74, 6) is 0.881. The number of ether oxygens (including phenoxy) is 1. The van der Waals surface area contributed by atoms with Gasteiger partial charge in [0.2, 0.25) is 0 Å². The lowest BCUT2D eigenvalue weighted by molar-refractivity contribution is 0.0320. The van der Waals surface area contributed by atoms with Crippen LogP contribution in [0.25, 0.3) is 0 Å². The predicted molar refractivity (Wildman–Crippen MR) is 79.8 cm³/mol. The molecular weight excluding hydrogens is 250 g/mol. The van der Waals surface area contributed by atoms with Crippen LogP contribution in [-0.4, -0.2) is 23.4 Å². The molecule has 2 saturated carbocycles. The van der Waals surface area contributed by atoms with E-state index in [2.05, 4.69) is 17.4 Å². The molecule has 3 nitrogen and oxygen atoms in total. The summed E-state index contributed by atoms with van der Waals surface area (Å²) in [7, 11) is 0.